The summed E-state index contributed by atoms with van der Waals surface area (Å²) in [5.74, 6) is 0.413. The summed E-state index contributed by atoms with van der Waals surface area (Å²) in [5, 5.41) is 15.0. The summed E-state index contributed by atoms with van der Waals surface area (Å²) in [7, 11) is 0. The predicted molar refractivity (Wildman–Crippen MR) is 80.9 cm³/mol. The van der Waals surface area contributed by atoms with Gasteiger partial charge in [-0.3, -0.25) is 0 Å². The lowest BCUT2D eigenvalue weighted by atomic mass is 9.87. The van der Waals surface area contributed by atoms with Gasteiger partial charge in [0.1, 0.15) is 0 Å². The highest BCUT2D eigenvalue weighted by Gasteiger charge is 2.21. The van der Waals surface area contributed by atoms with Crippen molar-refractivity contribution in [2.75, 3.05) is 11.9 Å². The molecule has 1 saturated carbocycles. The van der Waals surface area contributed by atoms with E-state index in [1.54, 1.807) is 0 Å². The largest absolute Gasteiger partial charge is 0.396 e. The highest BCUT2D eigenvalue weighted by Crippen LogP contribution is 2.23. The SMILES string of the molecule is Cc1cc(C)cc(NC(=O)NC2CCC(CO)CC2)c1. The van der Waals surface area contributed by atoms with Gasteiger partial charge in [-0.2, -0.15) is 0 Å². The lowest BCUT2D eigenvalue weighted by Gasteiger charge is -2.28. The van der Waals surface area contributed by atoms with Gasteiger partial charge in [-0.05, 0) is 68.7 Å². The molecular formula is C16H24N2O2. The first-order valence-electron chi connectivity index (χ1n) is 7.33. The van der Waals surface area contributed by atoms with Crippen molar-refractivity contribution < 1.29 is 9.90 Å². The predicted octanol–water partition coefficient (Wildman–Crippen LogP) is 2.98. The lowest BCUT2D eigenvalue weighted by Crippen LogP contribution is -2.40. The third-order valence-electron chi connectivity index (χ3n) is 3.92. The van der Waals surface area contributed by atoms with E-state index < -0.39 is 0 Å². The molecule has 2 rings (SSSR count). The average molecular weight is 276 g/mol. The third kappa shape index (κ3) is 4.23. The Kier molecular flexibility index (Phi) is 5.01. The molecule has 0 unspecified atom stereocenters. The van der Waals surface area contributed by atoms with Crippen LogP contribution in [-0.2, 0) is 0 Å². The molecule has 1 aliphatic carbocycles. The Morgan fingerprint density at radius 3 is 2.30 bits per heavy atom. The molecule has 1 fully saturated rings. The number of carbonyl (C=O) groups is 1. The Morgan fingerprint density at radius 2 is 1.75 bits per heavy atom. The maximum Gasteiger partial charge on any atom is 0.319 e. The van der Waals surface area contributed by atoms with Crippen molar-refractivity contribution in [2.24, 2.45) is 5.92 Å². The molecule has 2 amide bonds. The molecule has 0 atom stereocenters. The van der Waals surface area contributed by atoms with Crippen LogP contribution >= 0.6 is 0 Å². The zero-order valence-corrected chi connectivity index (χ0v) is 12.3. The van der Waals surface area contributed by atoms with E-state index >= 15 is 0 Å². The van der Waals surface area contributed by atoms with Gasteiger partial charge in [-0.25, -0.2) is 4.79 Å². The Morgan fingerprint density at radius 1 is 1.15 bits per heavy atom. The summed E-state index contributed by atoms with van der Waals surface area (Å²) in [4.78, 5) is 12.0. The number of anilines is 1. The Labute approximate surface area is 120 Å². The minimum absolute atomic E-state index is 0.137. The molecule has 4 heteroatoms. The van der Waals surface area contributed by atoms with Gasteiger partial charge in [0.2, 0.25) is 0 Å². The zero-order valence-electron chi connectivity index (χ0n) is 12.3. The topological polar surface area (TPSA) is 61.4 Å². The second-order valence-electron chi connectivity index (χ2n) is 5.88. The zero-order chi connectivity index (χ0) is 14.5. The van der Waals surface area contributed by atoms with Gasteiger partial charge in [-0.15, -0.1) is 0 Å². The second-order valence-corrected chi connectivity index (χ2v) is 5.88. The molecule has 0 saturated heterocycles. The van der Waals surface area contributed by atoms with Crippen molar-refractivity contribution in [3.63, 3.8) is 0 Å². The van der Waals surface area contributed by atoms with Crippen molar-refractivity contribution in [1.82, 2.24) is 5.32 Å². The van der Waals surface area contributed by atoms with Gasteiger partial charge in [0.25, 0.3) is 0 Å². The van der Waals surface area contributed by atoms with Crippen LogP contribution in [0.3, 0.4) is 0 Å². The number of benzene rings is 1. The molecule has 1 aromatic rings. The van der Waals surface area contributed by atoms with Crippen LogP contribution in [0.15, 0.2) is 18.2 Å². The fraction of sp³-hybridized carbons (Fsp3) is 0.562. The van der Waals surface area contributed by atoms with Crippen molar-refractivity contribution in [3.8, 4) is 0 Å². The highest BCUT2D eigenvalue weighted by molar-refractivity contribution is 5.89. The molecule has 0 radical (unpaired) electrons. The van der Waals surface area contributed by atoms with Crippen LogP contribution in [-0.4, -0.2) is 23.8 Å². The summed E-state index contributed by atoms with van der Waals surface area (Å²) >= 11 is 0. The van der Waals surface area contributed by atoms with Gasteiger partial charge in [-0.1, -0.05) is 6.07 Å². The minimum Gasteiger partial charge on any atom is -0.396 e. The number of carbonyl (C=O) groups excluding carboxylic acids is 1. The number of hydrogen-bond donors (Lipinski definition) is 3. The number of aliphatic hydroxyl groups is 1. The highest BCUT2D eigenvalue weighted by atomic mass is 16.3. The van der Waals surface area contributed by atoms with Gasteiger partial charge in [0, 0.05) is 18.3 Å². The van der Waals surface area contributed by atoms with E-state index in [0.29, 0.717) is 5.92 Å². The van der Waals surface area contributed by atoms with Crippen LogP contribution in [0.4, 0.5) is 10.5 Å². The summed E-state index contributed by atoms with van der Waals surface area (Å²) in [6.07, 6.45) is 3.88. The number of nitrogens with one attached hydrogen (secondary N) is 2. The smallest absolute Gasteiger partial charge is 0.319 e. The summed E-state index contributed by atoms with van der Waals surface area (Å²) < 4.78 is 0. The standard InChI is InChI=1S/C16H24N2O2/c1-11-7-12(2)9-15(8-11)18-16(20)17-14-5-3-13(10-19)4-6-14/h7-9,13-14,19H,3-6,10H2,1-2H3,(H2,17,18,20). The minimum atomic E-state index is -0.137. The fourth-order valence-corrected chi connectivity index (χ4v) is 2.89. The van der Waals surface area contributed by atoms with Crippen LogP contribution in [0.5, 0.6) is 0 Å². The van der Waals surface area contributed by atoms with E-state index in [4.69, 9.17) is 5.11 Å². The van der Waals surface area contributed by atoms with E-state index in [1.807, 2.05) is 26.0 Å². The molecule has 0 bridgehead atoms. The number of amides is 2. The van der Waals surface area contributed by atoms with E-state index in [9.17, 15) is 4.79 Å². The molecule has 0 heterocycles. The van der Waals surface area contributed by atoms with Gasteiger partial charge < -0.3 is 15.7 Å². The fourth-order valence-electron chi connectivity index (χ4n) is 2.89. The van der Waals surface area contributed by atoms with Crippen molar-refractivity contribution in [2.45, 2.75) is 45.6 Å². The first-order chi connectivity index (χ1) is 9.56. The van der Waals surface area contributed by atoms with Crippen LogP contribution in [0.1, 0.15) is 36.8 Å². The maximum absolute atomic E-state index is 12.0. The molecular weight excluding hydrogens is 252 g/mol. The maximum atomic E-state index is 12.0. The van der Waals surface area contributed by atoms with E-state index in [-0.39, 0.29) is 18.7 Å². The second kappa shape index (κ2) is 6.75. The molecule has 20 heavy (non-hydrogen) atoms. The monoisotopic (exact) mass is 276 g/mol. The van der Waals surface area contributed by atoms with Gasteiger partial charge >= 0.3 is 6.03 Å². The molecule has 3 N–H and O–H groups in total. The first kappa shape index (κ1) is 14.9. The number of aryl methyl sites for hydroxylation is 2. The normalized spacial score (nSPS) is 22.4. The first-order valence-corrected chi connectivity index (χ1v) is 7.33. The van der Waals surface area contributed by atoms with Crippen LogP contribution in [0.2, 0.25) is 0 Å². The molecule has 110 valence electrons. The van der Waals surface area contributed by atoms with Crippen molar-refractivity contribution >= 4 is 11.7 Å². The van der Waals surface area contributed by atoms with Crippen molar-refractivity contribution in [1.29, 1.82) is 0 Å². The third-order valence-corrected chi connectivity index (χ3v) is 3.92. The van der Waals surface area contributed by atoms with E-state index in [2.05, 4.69) is 16.7 Å². The number of urea groups is 1. The van der Waals surface area contributed by atoms with Gasteiger partial charge in [0.15, 0.2) is 0 Å². The molecule has 1 aromatic carbocycles. The Balaban J connectivity index is 1.83. The summed E-state index contributed by atoms with van der Waals surface area (Å²) in [6, 6.07) is 6.11. The summed E-state index contributed by atoms with van der Waals surface area (Å²) in [5.41, 5.74) is 3.12. The van der Waals surface area contributed by atoms with E-state index in [1.165, 1.54) is 0 Å². The number of hydrogen-bond acceptors (Lipinski definition) is 2. The molecule has 1 aliphatic rings. The van der Waals surface area contributed by atoms with Gasteiger partial charge in [0.05, 0.1) is 0 Å². The quantitative estimate of drug-likeness (QED) is 0.795. The molecule has 0 aliphatic heterocycles. The number of rotatable bonds is 3. The summed E-state index contributed by atoms with van der Waals surface area (Å²) in [6.45, 7) is 4.31. The van der Waals surface area contributed by atoms with Crippen LogP contribution < -0.4 is 10.6 Å². The molecule has 0 aromatic heterocycles. The lowest BCUT2D eigenvalue weighted by molar-refractivity contribution is 0.176. The molecule has 4 nitrogen and oxygen atoms in total. The Hall–Kier alpha value is -1.55. The van der Waals surface area contributed by atoms with Crippen LogP contribution in [0.25, 0.3) is 0 Å². The van der Waals surface area contributed by atoms with Crippen LogP contribution in [0, 0.1) is 19.8 Å². The molecule has 0 spiro atoms. The average Bonchev–Trinajstić information content (AvgIpc) is 2.38. The van der Waals surface area contributed by atoms with E-state index in [0.717, 1.165) is 42.5 Å². The number of aliphatic hydroxyl groups excluding tert-OH is 1. The Bertz CT molecular complexity index is 445. The van der Waals surface area contributed by atoms with Crippen molar-refractivity contribution in [3.05, 3.63) is 29.3 Å².